The molecule has 3 aliphatic rings. The highest BCUT2D eigenvalue weighted by atomic mass is 16.3. The Hall–Kier alpha value is -7.30. The highest BCUT2D eigenvalue weighted by molar-refractivity contribution is 6.94. The van der Waals surface area contributed by atoms with Crippen molar-refractivity contribution in [1.82, 2.24) is 0 Å². The molecule has 0 N–H and O–H groups in total. The lowest BCUT2D eigenvalue weighted by atomic mass is 9.43. The molecule has 0 amide bonds. The molecule has 0 spiro atoms. The van der Waals surface area contributed by atoms with E-state index in [4.69, 9.17) is 4.42 Å². The van der Waals surface area contributed by atoms with Crippen molar-refractivity contribution in [3.05, 3.63) is 198 Å². The van der Waals surface area contributed by atoms with E-state index in [0.717, 1.165) is 21.9 Å². The number of para-hydroxylation sites is 1. The number of aryl methyl sites for hydroxylation is 1. The molecule has 64 heavy (non-hydrogen) atoms. The molecule has 10 aromatic rings. The van der Waals surface area contributed by atoms with Gasteiger partial charge < -0.3 is 14.1 Å². The molecule has 9 aromatic carbocycles. The minimum absolute atomic E-state index is 0.0216. The highest BCUT2D eigenvalue weighted by Crippen LogP contribution is 2.55. The second kappa shape index (κ2) is 13.1. The molecule has 2 aliphatic heterocycles. The minimum atomic E-state index is -0.185. The third-order valence-corrected chi connectivity index (χ3v) is 14.7. The first-order valence-electron chi connectivity index (χ1n) is 22.7. The molecular weight excluding hydrogens is 775 g/mol. The van der Waals surface area contributed by atoms with Crippen LogP contribution >= 0.6 is 0 Å². The van der Waals surface area contributed by atoms with Gasteiger partial charge in [-0.3, -0.25) is 0 Å². The number of hydrogen-bond acceptors (Lipinski definition) is 3. The van der Waals surface area contributed by atoms with Gasteiger partial charge in [0.05, 0.1) is 0 Å². The van der Waals surface area contributed by atoms with Crippen LogP contribution in [0.3, 0.4) is 0 Å². The monoisotopic (exact) mass is 822 g/mol. The van der Waals surface area contributed by atoms with Crippen molar-refractivity contribution in [2.45, 2.75) is 52.4 Å². The molecule has 0 unspecified atom stereocenters. The van der Waals surface area contributed by atoms with Crippen LogP contribution in [0.5, 0.6) is 0 Å². The zero-order valence-electron chi connectivity index (χ0n) is 37.1. The topological polar surface area (TPSA) is 19.6 Å². The summed E-state index contributed by atoms with van der Waals surface area (Å²) in [5, 5.41) is 4.69. The van der Waals surface area contributed by atoms with Gasteiger partial charge in [-0.15, -0.1) is 0 Å². The van der Waals surface area contributed by atoms with Crippen LogP contribution in [0.2, 0.25) is 0 Å². The van der Waals surface area contributed by atoms with Crippen molar-refractivity contribution in [3.63, 3.8) is 0 Å². The number of nitrogens with zero attached hydrogens (tertiary/aromatic N) is 2. The summed E-state index contributed by atoms with van der Waals surface area (Å²) in [5.74, 6) is 0. The number of furan rings is 1. The fourth-order valence-corrected chi connectivity index (χ4v) is 11.5. The number of anilines is 5. The first kappa shape index (κ1) is 37.3. The summed E-state index contributed by atoms with van der Waals surface area (Å²) in [5.41, 5.74) is 22.9. The van der Waals surface area contributed by atoms with Crippen LogP contribution in [-0.4, -0.2) is 6.85 Å². The second-order valence-electron chi connectivity index (χ2n) is 19.7. The van der Waals surface area contributed by atoms with Gasteiger partial charge in [-0.2, -0.15) is 0 Å². The van der Waals surface area contributed by atoms with Crippen LogP contribution in [-0.2, 0) is 10.8 Å². The summed E-state index contributed by atoms with van der Waals surface area (Å²) in [7, 11) is 0. The predicted molar refractivity (Wildman–Crippen MR) is 271 cm³/mol. The molecule has 0 atom stereocenters. The van der Waals surface area contributed by atoms with Gasteiger partial charge in [0.1, 0.15) is 11.2 Å². The Balaban J connectivity index is 1.20. The molecule has 306 valence electrons. The third kappa shape index (κ3) is 5.11. The van der Waals surface area contributed by atoms with Crippen LogP contribution in [0.25, 0.3) is 66.1 Å². The van der Waals surface area contributed by atoms with Crippen molar-refractivity contribution in [3.8, 4) is 33.4 Å². The van der Waals surface area contributed by atoms with Crippen molar-refractivity contribution in [1.29, 1.82) is 0 Å². The summed E-state index contributed by atoms with van der Waals surface area (Å²) in [4.78, 5) is 5.25. The molecule has 0 fully saturated rings. The van der Waals surface area contributed by atoms with Gasteiger partial charge in [-0.25, -0.2) is 0 Å². The van der Waals surface area contributed by atoms with Crippen molar-refractivity contribution in [2.24, 2.45) is 0 Å². The standard InChI is InChI=1S/C60H47BN2O/c1-36-32-39(37-16-8-7-9-17-37)25-30-50(36)62-52-35-48-45(43-20-12-14-22-47(43)60(48,5)6)33-49(52)61-57-53(62)34-46-44-21-13-15-23-54(44)64-58(46)56(57)55-42-19-11-10-18-38(42)24-31-51(55)63(61)41-28-26-40(27-29-41)59(2,3)4/h7-35H,1-6H3. The Morgan fingerprint density at radius 3 is 2.05 bits per heavy atom. The van der Waals surface area contributed by atoms with Crippen molar-refractivity contribution >= 4 is 78.9 Å². The number of benzene rings is 9. The normalized spacial score (nSPS) is 14.4. The van der Waals surface area contributed by atoms with Gasteiger partial charge >= 0.3 is 6.85 Å². The second-order valence-corrected chi connectivity index (χ2v) is 19.7. The first-order chi connectivity index (χ1) is 31.1. The molecular formula is C60H47BN2O. The largest absolute Gasteiger partial charge is 0.455 e. The smallest absolute Gasteiger partial charge is 0.333 e. The summed E-state index contributed by atoms with van der Waals surface area (Å²) in [6.45, 7) is 13.8. The maximum atomic E-state index is 7.15. The summed E-state index contributed by atoms with van der Waals surface area (Å²) in [6, 6.07) is 65.9. The molecule has 1 aromatic heterocycles. The van der Waals surface area contributed by atoms with Crippen molar-refractivity contribution in [2.75, 3.05) is 9.71 Å². The van der Waals surface area contributed by atoms with E-state index in [0.29, 0.717) is 0 Å². The van der Waals surface area contributed by atoms with Crippen LogP contribution < -0.4 is 20.6 Å². The van der Waals surface area contributed by atoms with Crippen LogP contribution in [0, 0.1) is 6.92 Å². The zero-order valence-corrected chi connectivity index (χ0v) is 37.1. The van der Waals surface area contributed by atoms with E-state index in [1.54, 1.807) is 0 Å². The van der Waals surface area contributed by atoms with Crippen molar-refractivity contribution < 1.29 is 4.42 Å². The first-order valence-corrected chi connectivity index (χ1v) is 22.7. The van der Waals surface area contributed by atoms with Gasteiger partial charge in [0, 0.05) is 55.8 Å². The van der Waals surface area contributed by atoms with Crippen LogP contribution in [0.4, 0.5) is 28.4 Å². The Bertz CT molecular complexity index is 3590. The van der Waals surface area contributed by atoms with E-state index in [1.165, 1.54) is 106 Å². The maximum Gasteiger partial charge on any atom is 0.333 e. The molecule has 0 bridgehead atoms. The maximum absolute atomic E-state index is 7.15. The molecule has 1 aliphatic carbocycles. The molecule has 13 rings (SSSR count). The average molecular weight is 823 g/mol. The zero-order chi connectivity index (χ0) is 43.2. The molecule has 3 nitrogen and oxygen atoms in total. The van der Waals surface area contributed by atoms with Gasteiger partial charge in [-0.1, -0.05) is 162 Å². The van der Waals surface area contributed by atoms with E-state index in [9.17, 15) is 0 Å². The Labute approximate surface area is 375 Å². The molecule has 4 heteroatoms. The average Bonchev–Trinajstić information content (AvgIpc) is 3.79. The van der Waals surface area contributed by atoms with Gasteiger partial charge in [0.2, 0.25) is 0 Å². The third-order valence-electron chi connectivity index (χ3n) is 14.7. The minimum Gasteiger partial charge on any atom is -0.455 e. The van der Waals surface area contributed by atoms with E-state index in [-0.39, 0.29) is 17.7 Å². The molecule has 0 saturated heterocycles. The fourth-order valence-electron chi connectivity index (χ4n) is 11.5. The Kier molecular flexibility index (Phi) is 7.64. The number of fused-ring (bicyclic) bond motifs is 13. The number of rotatable bonds is 3. The Morgan fingerprint density at radius 2 is 1.25 bits per heavy atom. The number of hydrogen-bond donors (Lipinski definition) is 0. The van der Waals surface area contributed by atoms with E-state index < -0.39 is 0 Å². The lowest BCUT2D eigenvalue weighted by Gasteiger charge is -2.46. The van der Waals surface area contributed by atoms with Gasteiger partial charge in [0.15, 0.2) is 0 Å². The lowest BCUT2D eigenvalue weighted by Crippen LogP contribution is -2.61. The van der Waals surface area contributed by atoms with E-state index >= 15 is 0 Å². The quantitative estimate of drug-likeness (QED) is 0.166. The Morgan fingerprint density at radius 1 is 0.531 bits per heavy atom. The molecule has 3 heterocycles. The summed E-state index contributed by atoms with van der Waals surface area (Å²) in [6.07, 6.45) is 0. The summed E-state index contributed by atoms with van der Waals surface area (Å²) < 4.78 is 7.15. The van der Waals surface area contributed by atoms with Gasteiger partial charge in [-0.05, 0) is 127 Å². The predicted octanol–water partition coefficient (Wildman–Crippen LogP) is 15.0. The SMILES string of the molecule is Cc1cc(-c2ccccc2)ccc1N1c2cc3c(cc2B2c4c1cc1c(oc5ccccc51)c4-c1c(ccc4ccccc14)N2c1ccc(C(C)(C)C)cc1)-c1ccccc1C3(C)C. The van der Waals surface area contributed by atoms with E-state index in [1.807, 2.05) is 0 Å². The fraction of sp³-hybridized carbons (Fsp3) is 0.133. The van der Waals surface area contributed by atoms with Crippen LogP contribution in [0.1, 0.15) is 56.9 Å². The molecule has 0 saturated carbocycles. The highest BCUT2D eigenvalue weighted by Gasteiger charge is 2.49. The van der Waals surface area contributed by atoms with Gasteiger partial charge in [0.25, 0.3) is 0 Å². The molecule has 0 radical (unpaired) electrons. The lowest BCUT2D eigenvalue weighted by molar-refractivity contribution is 0.590. The summed E-state index contributed by atoms with van der Waals surface area (Å²) >= 11 is 0. The van der Waals surface area contributed by atoms with E-state index in [2.05, 4.69) is 227 Å². The van der Waals surface area contributed by atoms with Crippen LogP contribution in [0.15, 0.2) is 180 Å².